The Morgan fingerprint density at radius 2 is 2.00 bits per heavy atom. The van der Waals surface area contributed by atoms with E-state index < -0.39 is 29.2 Å². The highest BCUT2D eigenvalue weighted by Crippen LogP contribution is 2.41. The molecule has 2 saturated heterocycles. The molecule has 0 bridgehead atoms. The van der Waals surface area contributed by atoms with Crippen molar-refractivity contribution in [3.63, 3.8) is 0 Å². The maximum Gasteiger partial charge on any atom is 0.411 e. The molecule has 3 aliphatic rings. The van der Waals surface area contributed by atoms with Gasteiger partial charge in [0.15, 0.2) is 0 Å². The lowest BCUT2D eigenvalue weighted by Crippen LogP contribution is -2.63. The van der Waals surface area contributed by atoms with E-state index in [0.717, 1.165) is 12.8 Å². The molecule has 0 aliphatic carbocycles. The van der Waals surface area contributed by atoms with Gasteiger partial charge >= 0.3 is 12.1 Å². The minimum Gasteiger partial charge on any atom is -0.467 e. The normalized spacial score (nSPS) is 31.4. The highest BCUT2D eigenvalue weighted by atomic mass is 16.6. The van der Waals surface area contributed by atoms with Crippen LogP contribution in [0.2, 0.25) is 0 Å². The number of rotatable bonds is 1. The Bertz CT molecular complexity index is 623. The number of nitrogens with zero attached hydrogens (tertiary/aromatic N) is 2. The van der Waals surface area contributed by atoms with Gasteiger partial charge in [-0.25, -0.2) is 9.59 Å². The average Bonchev–Trinajstić information content (AvgIpc) is 3.14. The molecule has 7 nitrogen and oxygen atoms in total. The van der Waals surface area contributed by atoms with Crippen LogP contribution in [0.25, 0.3) is 0 Å². The molecule has 0 aromatic heterocycles. The molecule has 0 N–H and O–H groups in total. The van der Waals surface area contributed by atoms with E-state index in [-0.39, 0.29) is 11.9 Å². The summed E-state index contributed by atoms with van der Waals surface area (Å²) in [5.41, 5.74) is -1.68. The Hall–Kier alpha value is -2.05. The molecule has 2 amide bonds. The molecule has 3 heterocycles. The van der Waals surface area contributed by atoms with Crippen LogP contribution in [0.1, 0.15) is 46.5 Å². The van der Waals surface area contributed by atoms with Crippen molar-refractivity contribution in [2.45, 2.75) is 69.7 Å². The van der Waals surface area contributed by atoms with Crippen LogP contribution in [0.5, 0.6) is 0 Å². The zero-order chi connectivity index (χ0) is 18.4. The fourth-order valence-corrected chi connectivity index (χ4v) is 4.06. The smallest absolute Gasteiger partial charge is 0.411 e. The number of hydrogen-bond acceptors (Lipinski definition) is 5. The van der Waals surface area contributed by atoms with Crippen molar-refractivity contribution in [1.82, 2.24) is 9.80 Å². The summed E-state index contributed by atoms with van der Waals surface area (Å²) in [6.45, 7) is 5.87. The zero-order valence-electron chi connectivity index (χ0n) is 15.3. The number of carbonyl (C=O) groups excluding carboxylic acids is 3. The summed E-state index contributed by atoms with van der Waals surface area (Å²) in [5.74, 6) is -0.598. The van der Waals surface area contributed by atoms with Gasteiger partial charge in [0.2, 0.25) is 0 Å². The molecule has 3 rings (SSSR count). The highest BCUT2D eigenvalue weighted by Gasteiger charge is 2.57. The van der Waals surface area contributed by atoms with Crippen LogP contribution in [-0.2, 0) is 19.1 Å². The van der Waals surface area contributed by atoms with Crippen LogP contribution in [0.3, 0.4) is 0 Å². The minimum atomic E-state index is -1.05. The van der Waals surface area contributed by atoms with E-state index in [1.54, 1.807) is 25.7 Å². The maximum absolute atomic E-state index is 13.4. The van der Waals surface area contributed by atoms with E-state index in [0.29, 0.717) is 19.4 Å². The number of likely N-dealkylation sites (tertiary alicyclic amines) is 1. The fourth-order valence-electron chi connectivity index (χ4n) is 4.06. The number of ether oxygens (including phenoxy) is 2. The summed E-state index contributed by atoms with van der Waals surface area (Å²) >= 11 is 0. The van der Waals surface area contributed by atoms with Gasteiger partial charge in [-0.05, 0) is 46.5 Å². The molecule has 0 saturated carbocycles. The summed E-state index contributed by atoms with van der Waals surface area (Å²) in [6, 6.07) is -0.686. The first-order valence-corrected chi connectivity index (χ1v) is 8.80. The molecule has 1 spiro atoms. The van der Waals surface area contributed by atoms with Gasteiger partial charge in [0.25, 0.3) is 5.91 Å². The number of fused-ring (bicyclic) bond motifs is 1. The third kappa shape index (κ3) is 2.89. The Morgan fingerprint density at radius 3 is 2.64 bits per heavy atom. The zero-order valence-corrected chi connectivity index (χ0v) is 15.3. The molecule has 138 valence electrons. The molecule has 7 heteroatoms. The summed E-state index contributed by atoms with van der Waals surface area (Å²) < 4.78 is 10.4. The molecular formula is C18H26N2O5. The summed E-state index contributed by atoms with van der Waals surface area (Å²) in [6.07, 6.45) is 5.87. The second-order valence-corrected chi connectivity index (χ2v) is 7.91. The van der Waals surface area contributed by atoms with E-state index in [1.165, 1.54) is 12.0 Å². The lowest BCUT2D eigenvalue weighted by molar-refractivity contribution is -0.155. The third-order valence-electron chi connectivity index (χ3n) is 5.14. The van der Waals surface area contributed by atoms with Gasteiger partial charge in [0.05, 0.1) is 13.2 Å². The van der Waals surface area contributed by atoms with Crippen LogP contribution in [0.4, 0.5) is 4.79 Å². The van der Waals surface area contributed by atoms with Gasteiger partial charge in [-0.3, -0.25) is 9.69 Å². The van der Waals surface area contributed by atoms with Gasteiger partial charge in [0.1, 0.15) is 17.2 Å². The Kier molecular flexibility index (Phi) is 4.29. The first-order chi connectivity index (χ1) is 11.7. The highest BCUT2D eigenvalue weighted by molar-refractivity contribution is 5.97. The first-order valence-electron chi connectivity index (χ1n) is 8.80. The quantitative estimate of drug-likeness (QED) is 0.533. The van der Waals surface area contributed by atoms with Crippen LogP contribution in [0.15, 0.2) is 12.2 Å². The second kappa shape index (κ2) is 6.04. The molecule has 0 unspecified atom stereocenters. The number of methoxy groups -OCH3 is 1. The monoisotopic (exact) mass is 350 g/mol. The van der Waals surface area contributed by atoms with Crippen molar-refractivity contribution in [2.24, 2.45) is 0 Å². The SMILES string of the molecule is COC(=O)[C@@H]1CC[C@H]2C=C[C@]3(CCCN3C(=O)OC(C)(C)C)C(=O)N21. The second-order valence-electron chi connectivity index (χ2n) is 7.91. The van der Waals surface area contributed by atoms with Gasteiger partial charge in [-0.15, -0.1) is 0 Å². The third-order valence-corrected chi connectivity index (χ3v) is 5.14. The summed E-state index contributed by atoms with van der Waals surface area (Å²) in [5, 5.41) is 0. The van der Waals surface area contributed by atoms with Crippen LogP contribution in [-0.4, -0.2) is 64.6 Å². The van der Waals surface area contributed by atoms with Crippen molar-refractivity contribution >= 4 is 18.0 Å². The molecule has 0 aromatic carbocycles. The summed E-state index contributed by atoms with van der Waals surface area (Å²) in [4.78, 5) is 41.2. The van der Waals surface area contributed by atoms with Crippen LogP contribution in [0, 0.1) is 0 Å². The van der Waals surface area contributed by atoms with E-state index in [2.05, 4.69) is 0 Å². The Labute approximate surface area is 147 Å². The van der Waals surface area contributed by atoms with Crippen molar-refractivity contribution in [2.75, 3.05) is 13.7 Å². The van der Waals surface area contributed by atoms with E-state index in [9.17, 15) is 14.4 Å². The maximum atomic E-state index is 13.4. The lowest BCUT2D eigenvalue weighted by atomic mass is 9.89. The van der Waals surface area contributed by atoms with Crippen LogP contribution < -0.4 is 0 Å². The first kappa shape index (κ1) is 17.8. The van der Waals surface area contributed by atoms with Crippen molar-refractivity contribution < 1.29 is 23.9 Å². The predicted molar refractivity (Wildman–Crippen MR) is 89.7 cm³/mol. The van der Waals surface area contributed by atoms with Gasteiger partial charge in [-0.2, -0.15) is 0 Å². The van der Waals surface area contributed by atoms with E-state index >= 15 is 0 Å². The van der Waals surface area contributed by atoms with Crippen molar-refractivity contribution in [3.8, 4) is 0 Å². The molecular weight excluding hydrogens is 324 g/mol. The topological polar surface area (TPSA) is 76.1 Å². The number of carbonyl (C=O) groups is 3. The standard InChI is InChI=1S/C18H26N2O5/c1-17(2,3)25-16(23)19-11-5-9-18(19)10-8-12-6-7-13(14(21)24-4)20(12)15(18)22/h8,10,12-13H,5-7,9,11H2,1-4H3/t12-,13-,18+/m0/s1. The summed E-state index contributed by atoms with van der Waals surface area (Å²) in [7, 11) is 1.33. The van der Waals surface area contributed by atoms with Gasteiger partial charge in [0, 0.05) is 6.54 Å². The minimum absolute atomic E-state index is 0.108. The van der Waals surface area contributed by atoms with Gasteiger partial charge in [-0.1, -0.05) is 12.2 Å². The molecule has 2 fully saturated rings. The molecule has 0 aromatic rings. The largest absolute Gasteiger partial charge is 0.467 e. The number of esters is 1. The van der Waals surface area contributed by atoms with Crippen LogP contribution >= 0.6 is 0 Å². The molecule has 0 radical (unpaired) electrons. The van der Waals surface area contributed by atoms with Crippen molar-refractivity contribution in [3.05, 3.63) is 12.2 Å². The van der Waals surface area contributed by atoms with E-state index in [4.69, 9.17) is 9.47 Å². The Balaban J connectivity index is 1.90. The fraction of sp³-hybridized carbons (Fsp3) is 0.722. The number of hydrogen-bond donors (Lipinski definition) is 0. The van der Waals surface area contributed by atoms with Gasteiger partial charge < -0.3 is 14.4 Å². The molecule has 3 aliphatic heterocycles. The van der Waals surface area contributed by atoms with Crippen molar-refractivity contribution in [1.29, 1.82) is 0 Å². The molecule has 3 atom stereocenters. The predicted octanol–water partition coefficient (Wildman–Crippen LogP) is 1.86. The van der Waals surface area contributed by atoms with E-state index in [1.807, 2.05) is 12.2 Å². The molecule has 25 heavy (non-hydrogen) atoms. The average molecular weight is 350 g/mol. The Morgan fingerprint density at radius 1 is 1.28 bits per heavy atom. The lowest BCUT2D eigenvalue weighted by Gasteiger charge is -2.43. The number of amides is 2.